The first-order valence-corrected chi connectivity index (χ1v) is 11.2. The number of halogens is 1. The number of methoxy groups -OCH3 is 4. The molecular formula is C27H22ClNO8. The van der Waals surface area contributed by atoms with Crippen LogP contribution in [0.4, 0.5) is 0 Å². The lowest BCUT2D eigenvalue weighted by Crippen LogP contribution is -2.10. The summed E-state index contributed by atoms with van der Waals surface area (Å²) in [6, 6.07) is 14.7. The molecule has 0 aromatic heterocycles. The fraction of sp³-hybridized carbons (Fsp3) is 0.148. The van der Waals surface area contributed by atoms with Gasteiger partial charge in [-0.3, -0.25) is 0 Å². The maximum atomic E-state index is 12.9. The van der Waals surface area contributed by atoms with E-state index in [2.05, 4.69) is 4.99 Å². The summed E-state index contributed by atoms with van der Waals surface area (Å²) in [4.78, 5) is 29.5. The van der Waals surface area contributed by atoms with Gasteiger partial charge in [-0.15, -0.1) is 0 Å². The highest BCUT2D eigenvalue weighted by Crippen LogP contribution is 2.39. The summed E-state index contributed by atoms with van der Waals surface area (Å²) in [5.74, 6) is 0.219. The number of benzene rings is 3. The Hall–Kier alpha value is -4.50. The van der Waals surface area contributed by atoms with Crippen molar-refractivity contribution in [2.45, 2.75) is 0 Å². The summed E-state index contributed by atoms with van der Waals surface area (Å²) in [6.45, 7) is 0. The molecule has 0 unspecified atom stereocenters. The number of hydrogen-bond donors (Lipinski definition) is 0. The molecule has 1 heterocycles. The number of carbonyl (C=O) groups excluding carboxylic acids is 2. The lowest BCUT2D eigenvalue weighted by molar-refractivity contribution is -0.129. The fourth-order valence-corrected chi connectivity index (χ4v) is 3.75. The van der Waals surface area contributed by atoms with Gasteiger partial charge in [0.25, 0.3) is 0 Å². The van der Waals surface area contributed by atoms with Gasteiger partial charge in [0.05, 0.1) is 44.6 Å². The Morgan fingerprint density at radius 1 is 0.865 bits per heavy atom. The molecule has 0 saturated heterocycles. The van der Waals surface area contributed by atoms with Crippen LogP contribution in [0.25, 0.3) is 6.08 Å². The van der Waals surface area contributed by atoms with Gasteiger partial charge in [0, 0.05) is 0 Å². The molecule has 9 nitrogen and oxygen atoms in total. The van der Waals surface area contributed by atoms with Crippen molar-refractivity contribution < 1.29 is 38.0 Å². The van der Waals surface area contributed by atoms with Gasteiger partial charge in [0.15, 0.2) is 28.7 Å². The lowest BCUT2D eigenvalue weighted by Gasteiger charge is -2.14. The van der Waals surface area contributed by atoms with Crippen molar-refractivity contribution in [3.63, 3.8) is 0 Å². The molecule has 0 saturated carbocycles. The maximum absolute atomic E-state index is 12.9. The van der Waals surface area contributed by atoms with Crippen LogP contribution in [0.15, 0.2) is 65.3 Å². The van der Waals surface area contributed by atoms with Gasteiger partial charge in [-0.2, -0.15) is 0 Å². The van der Waals surface area contributed by atoms with Gasteiger partial charge in [-0.05, 0) is 48.0 Å². The van der Waals surface area contributed by atoms with Crippen molar-refractivity contribution in [2.75, 3.05) is 28.4 Å². The van der Waals surface area contributed by atoms with E-state index in [0.717, 1.165) is 0 Å². The van der Waals surface area contributed by atoms with E-state index in [1.54, 1.807) is 42.5 Å². The second kappa shape index (κ2) is 11.0. The molecule has 0 fully saturated rings. The number of nitrogens with zero attached hydrogens (tertiary/aromatic N) is 1. The van der Waals surface area contributed by atoms with Gasteiger partial charge in [-0.1, -0.05) is 29.8 Å². The predicted molar refractivity (Wildman–Crippen MR) is 136 cm³/mol. The third kappa shape index (κ3) is 5.36. The first-order chi connectivity index (χ1) is 17.9. The average Bonchev–Trinajstić information content (AvgIpc) is 3.27. The highest BCUT2D eigenvalue weighted by atomic mass is 35.5. The highest BCUT2D eigenvalue weighted by Gasteiger charge is 2.26. The van der Waals surface area contributed by atoms with E-state index in [1.165, 1.54) is 46.6 Å². The Kier molecular flexibility index (Phi) is 7.64. The molecule has 10 heteroatoms. The van der Waals surface area contributed by atoms with Crippen molar-refractivity contribution in [1.82, 2.24) is 0 Å². The van der Waals surface area contributed by atoms with Crippen LogP contribution in [-0.2, 0) is 9.53 Å². The van der Waals surface area contributed by atoms with Gasteiger partial charge in [0.1, 0.15) is 0 Å². The van der Waals surface area contributed by atoms with Crippen LogP contribution in [0.3, 0.4) is 0 Å². The lowest BCUT2D eigenvalue weighted by atomic mass is 10.1. The van der Waals surface area contributed by atoms with Crippen LogP contribution >= 0.6 is 11.6 Å². The summed E-state index contributed by atoms with van der Waals surface area (Å²) < 4.78 is 32.1. The average molecular weight is 524 g/mol. The zero-order valence-corrected chi connectivity index (χ0v) is 21.1. The molecule has 0 N–H and O–H groups in total. The normalized spacial score (nSPS) is 13.6. The van der Waals surface area contributed by atoms with Crippen molar-refractivity contribution >= 4 is 35.5 Å². The molecule has 3 aromatic rings. The smallest absolute Gasteiger partial charge is 0.363 e. The van der Waals surface area contributed by atoms with E-state index in [9.17, 15) is 9.59 Å². The summed E-state index contributed by atoms with van der Waals surface area (Å²) >= 11 is 6.18. The minimum absolute atomic E-state index is 0.0825. The Balaban J connectivity index is 1.59. The minimum Gasteiger partial charge on any atom is -0.493 e. The molecule has 0 radical (unpaired) electrons. The van der Waals surface area contributed by atoms with E-state index in [-0.39, 0.29) is 28.7 Å². The van der Waals surface area contributed by atoms with E-state index < -0.39 is 11.9 Å². The topological polar surface area (TPSA) is 102 Å². The quantitative estimate of drug-likeness (QED) is 0.232. The van der Waals surface area contributed by atoms with Crippen molar-refractivity contribution in [1.29, 1.82) is 0 Å². The van der Waals surface area contributed by atoms with Gasteiger partial charge in [0.2, 0.25) is 11.6 Å². The first-order valence-electron chi connectivity index (χ1n) is 10.9. The largest absolute Gasteiger partial charge is 0.493 e. The monoisotopic (exact) mass is 523 g/mol. The van der Waals surface area contributed by atoms with Gasteiger partial charge in [-0.25, -0.2) is 14.6 Å². The molecule has 1 aliphatic rings. The van der Waals surface area contributed by atoms with E-state index in [4.69, 9.17) is 40.0 Å². The van der Waals surface area contributed by atoms with Crippen molar-refractivity contribution in [3.05, 3.63) is 82.0 Å². The number of cyclic esters (lactones) is 1. The van der Waals surface area contributed by atoms with Crippen LogP contribution in [0.5, 0.6) is 28.7 Å². The summed E-state index contributed by atoms with van der Waals surface area (Å²) in [6.07, 6.45) is 1.53. The Labute approximate surface area is 217 Å². The molecule has 0 spiro atoms. The number of rotatable bonds is 8. The van der Waals surface area contributed by atoms with Crippen LogP contribution in [0.1, 0.15) is 21.5 Å². The Morgan fingerprint density at radius 2 is 1.54 bits per heavy atom. The second-order valence-electron chi connectivity index (χ2n) is 7.53. The molecule has 3 aromatic carbocycles. The number of esters is 2. The van der Waals surface area contributed by atoms with Crippen LogP contribution < -0.4 is 23.7 Å². The maximum Gasteiger partial charge on any atom is 0.363 e. The molecule has 4 rings (SSSR count). The molecule has 0 atom stereocenters. The first kappa shape index (κ1) is 25.6. The third-order valence-electron chi connectivity index (χ3n) is 5.32. The molecule has 190 valence electrons. The second-order valence-corrected chi connectivity index (χ2v) is 7.94. The van der Waals surface area contributed by atoms with Crippen LogP contribution in [0, 0.1) is 0 Å². The molecule has 37 heavy (non-hydrogen) atoms. The molecule has 0 amide bonds. The standard InChI is InChI=1S/C27H22ClNO8/c1-32-21-12-15(11-19-27(31)37-25(29-19)17-7-5-6-8-18(17)28)9-10-20(21)36-26(30)16-13-22(33-2)24(35-4)23(14-16)34-3/h5-14H,1-4H3/b19-11-. The zero-order chi connectivity index (χ0) is 26.5. The Morgan fingerprint density at radius 3 is 2.16 bits per heavy atom. The van der Waals surface area contributed by atoms with Gasteiger partial charge < -0.3 is 28.4 Å². The zero-order valence-electron chi connectivity index (χ0n) is 20.4. The Bertz CT molecular complexity index is 1400. The van der Waals surface area contributed by atoms with Crippen molar-refractivity contribution in [2.24, 2.45) is 4.99 Å². The van der Waals surface area contributed by atoms with Crippen molar-refractivity contribution in [3.8, 4) is 28.7 Å². The molecule has 0 bridgehead atoms. The summed E-state index contributed by atoms with van der Waals surface area (Å²) in [5, 5.41) is 0.412. The minimum atomic E-state index is -0.669. The number of hydrogen-bond acceptors (Lipinski definition) is 9. The molecule has 1 aliphatic heterocycles. The molecule has 0 aliphatic carbocycles. The highest BCUT2D eigenvalue weighted by molar-refractivity contribution is 6.34. The van der Waals surface area contributed by atoms with E-state index in [1.807, 2.05) is 0 Å². The third-order valence-corrected chi connectivity index (χ3v) is 5.65. The summed E-state index contributed by atoms with van der Waals surface area (Å²) in [7, 11) is 5.79. The van der Waals surface area contributed by atoms with Crippen LogP contribution in [0.2, 0.25) is 5.02 Å². The van der Waals surface area contributed by atoms with Gasteiger partial charge >= 0.3 is 11.9 Å². The molecular weight excluding hydrogens is 502 g/mol. The predicted octanol–water partition coefficient (Wildman–Crippen LogP) is 4.94. The summed E-state index contributed by atoms with van der Waals surface area (Å²) in [5.41, 5.74) is 1.34. The van der Waals surface area contributed by atoms with E-state index in [0.29, 0.717) is 33.4 Å². The van der Waals surface area contributed by atoms with Crippen LogP contribution in [-0.4, -0.2) is 46.3 Å². The number of ether oxygens (including phenoxy) is 6. The fourth-order valence-electron chi connectivity index (χ4n) is 3.53. The number of aliphatic imine (C=N–C) groups is 1. The SMILES string of the molecule is COc1cc(/C=C2\N=C(c3ccccc3Cl)OC2=O)ccc1OC(=O)c1cc(OC)c(OC)c(OC)c1. The van der Waals surface area contributed by atoms with E-state index >= 15 is 0 Å². The number of carbonyl (C=O) groups is 2.